The molecule has 6 nitrogen and oxygen atoms in total. The van der Waals surface area contributed by atoms with Gasteiger partial charge in [0.05, 0.1) is 17.5 Å². The largest absolute Gasteiger partial charge is 0.393 e. The molecule has 4 rings (SSSR count). The van der Waals surface area contributed by atoms with E-state index in [-0.39, 0.29) is 6.10 Å². The molecule has 1 saturated carbocycles. The van der Waals surface area contributed by atoms with Gasteiger partial charge in [0.15, 0.2) is 0 Å². The van der Waals surface area contributed by atoms with Crippen LogP contribution in [0.4, 0.5) is 5.69 Å². The second kappa shape index (κ2) is 6.31. The molecule has 1 saturated heterocycles. The van der Waals surface area contributed by atoms with Crippen LogP contribution >= 0.6 is 0 Å². The van der Waals surface area contributed by atoms with Gasteiger partial charge in [-0.1, -0.05) is 13.8 Å². The second-order valence-corrected chi connectivity index (χ2v) is 7.85. The first-order valence-electron chi connectivity index (χ1n) is 9.26. The summed E-state index contributed by atoms with van der Waals surface area (Å²) in [4.78, 5) is 2.40. The van der Waals surface area contributed by atoms with Crippen LogP contribution in [0.2, 0.25) is 0 Å². The Morgan fingerprint density at radius 2 is 1.96 bits per heavy atom. The van der Waals surface area contributed by atoms with Gasteiger partial charge in [-0.3, -0.25) is 0 Å². The zero-order valence-corrected chi connectivity index (χ0v) is 14.6. The number of fused-ring (bicyclic) bond motifs is 1. The molecule has 0 amide bonds. The monoisotopic (exact) mass is 329 g/mol. The summed E-state index contributed by atoms with van der Waals surface area (Å²) < 4.78 is 1.82. The minimum atomic E-state index is -0.167. The van der Waals surface area contributed by atoms with Gasteiger partial charge in [0.1, 0.15) is 6.33 Å². The summed E-state index contributed by atoms with van der Waals surface area (Å²) in [6.07, 6.45) is 6.99. The van der Waals surface area contributed by atoms with Gasteiger partial charge in [-0.05, 0) is 50.0 Å². The molecule has 2 fully saturated rings. The normalized spacial score (nSPS) is 20.9. The highest BCUT2D eigenvalue weighted by Gasteiger charge is 2.30. The van der Waals surface area contributed by atoms with Crippen molar-refractivity contribution in [2.45, 2.75) is 58.0 Å². The van der Waals surface area contributed by atoms with Gasteiger partial charge in [0.25, 0.3) is 0 Å². The van der Waals surface area contributed by atoms with Crippen LogP contribution in [0, 0.1) is 11.8 Å². The Hall–Kier alpha value is -1.69. The predicted molar refractivity (Wildman–Crippen MR) is 93.2 cm³/mol. The van der Waals surface area contributed by atoms with Crippen molar-refractivity contribution in [1.29, 1.82) is 0 Å². The number of piperidine rings is 1. The van der Waals surface area contributed by atoms with E-state index >= 15 is 0 Å². The highest BCUT2D eigenvalue weighted by Crippen LogP contribution is 2.40. The Morgan fingerprint density at radius 3 is 2.62 bits per heavy atom. The Kier molecular flexibility index (Phi) is 4.16. The number of aromatic nitrogens is 4. The molecule has 1 aliphatic heterocycles. The fourth-order valence-corrected chi connectivity index (χ4v) is 3.84. The van der Waals surface area contributed by atoms with E-state index in [1.54, 1.807) is 6.33 Å². The number of anilines is 1. The van der Waals surface area contributed by atoms with E-state index in [4.69, 9.17) is 0 Å². The minimum absolute atomic E-state index is 0.167. The van der Waals surface area contributed by atoms with Crippen molar-refractivity contribution >= 4 is 11.3 Å². The number of hydrogen-bond donors (Lipinski definition) is 1. The number of rotatable bonds is 5. The molecule has 1 N–H and O–H groups in total. The summed E-state index contributed by atoms with van der Waals surface area (Å²) >= 11 is 0. The molecule has 0 aromatic carbocycles. The maximum atomic E-state index is 10.4. The number of hydrogen-bond acceptors (Lipinski definition) is 5. The quantitative estimate of drug-likeness (QED) is 0.913. The molecule has 2 aromatic rings. The third-order valence-corrected chi connectivity index (χ3v) is 5.40. The molecule has 2 aliphatic rings. The molecule has 1 aliphatic carbocycles. The van der Waals surface area contributed by atoms with Crippen LogP contribution in [-0.2, 0) is 0 Å². The molecule has 1 unspecified atom stereocenters. The van der Waals surface area contributed by atoms with Crippen molar-refractivity contribution in [3.63, 3.8) is 0 Å². The highest BCUT2D eigenvalue weighted by atomic mass is 16.3. The fourth-order valence-electron chi connectivity index (χ4n) is 3.84. The van der Waals surface area contributed by atoms with Gasteiger partial charge < -0.3 is 10.0 Å². The molecule has 1 atom stereocenters. The van der Waals surface area contributed by atoms with Crippen molar-refractivity contribution in [1.82, 2.24) is 19.8 Å². The second-order valence-electron chi connectivity index (χ2n) is 7.85. The Morgan fingerprint density at radius 1 is 1.21 bits per heavy atom. The van der Waals surface area contributed by atoms with E-state index in [2.05, 4.69) is 40.1 Å². The van der Waals surface area contributed by atoms with E-state index in [1.165, 1.54) is 18.5 Å². The van der Waals surface area contributed by atoms with Gasteiger partial charge in [-0.2, -0.15) is 9.61 Å². The van der Waals surface area contributed by atoms with Crippen molar-refractivity contribution in [3.05, 3.63) is 18.1 Å². The smallest absolute Gasteiger partial charge is 0.200 e. The molecule has 130 valence electrons. The van der Waals surface area contributed by atoms with E-state index in [0.29, 0.717) is 17.8 Å². The lowest BCUT2D eigenvalue weighted by Gasteiger charge is -2.36. The van der Waals surface area contributed by atoms with Crippen LogP contribution in [0.15, 0.2) is 12.4 Å². The first-order chi connectivity index (χ1) is 11.6. The van der Waals surface area contributed by atoms with E-state index in [1.807, 2.05) is 4.52 Å². The summed E-state index contributed by atoms with van der Waals surface area (Å²) in [5.74, 6) is 1.58. The highest BCUT2D eigenvalue weighted by molar-refractivity contribution is 5.68. The first kappa shape index (κ1) is 15.8. The standard InChI is InChI=1S/C18H27N5O/c1-12(2)9-17(24)14-5-7-22(8-6-14)16-10-15(13-3-4-13)21-23-11-19-20-18(16)23/h10-14,17,24H,3-9H2,1-2H3. The molecule has 0 bridgehead atoms. The maximum absolute atomic E-state index is 10.4. The van der Waals surface area contributed by atoms with Crippen LogP contribution in [0.3, 0.4) is 0 Å². The maximum Gasteiger partial charge on any atom is 0.200 e. The average Bonchev–Trinajstić information content (AvgIpc) is 3.31. The molecule has 2 aromatic heterocycles. The summed E-state index contributed by atoms with van der Waals surface area (Å²) in [6, 6.07) is 2.21. The van der Waals surface area contributed by atoms with Gasteiger partial charge in [0.2, 0.25) is 5.65 Å². The molecule has 6 heteroatoms. The molecular weight excluding hydrogens is 302 g/mol. The van der Waals surface area contributed by atoms with Crippen LogP contribution in [0.25, 0.3) is 5.65 Å². The van der Waals surface area contributed by atoms with Crippen molar-refractivity contribution < 1.29 is 5.11 Å². The lowest BCUT2D eigenvalue weighted by atomic mass is 9.87. The van der Waals surface area contributed by atoms with E-state index in [9.17, 15) is 5.11 Å². The fraction of sp³-hybridized carbons (Fsp3) is 0.722. The topological polar surface area (TPSA) is 66.5 Å². The first-order valence-corrected chi connectivity index (χ1v) is 9.26. The number of aliphatic hydroxyl groups is 1. The zero-order valence-electron chi connectivity index (χ0n) is 14.6. The SMILES string of the molecule is CC(C)CC(O)C1CCN(c2cc(C3CC3)nn3cnnc23)CC1. The summed E-state index contributed by atoms with van der Waals surface area (Å²) in [5, 5.41) is 23.4. The zero-order chi connectivity index (χ0) is 16.7. The van der Waals surface area contributed by atoms with E-state index < -0.39 is 0 Å². The lowest BCUT2D eigenvalue weighted by molar-refractivity contribution is 0.0735. The van der Waals surface area contributed by atoms with Gasteiger partial charge in [0, 0.05) is 19.0 Å². The van der Waals surface area contributed by atoms with E-state index in [0.717, 1.165) is 43.7 Å². The van der Waals surface area contributed by atoms with Gasteiger partial charge in [-0.25, -0.2) is 0 Å². The summed E-state index contributed by atoms with van der Waals surface area (Å²) in [7, 11) is 0. The summed E-state index contributed by atoms with van der Waals surface area (Å²) in [5.41, 5.74) is 3.17. The summed E-state index contributed by atoms with van der Waals surface area (Å²) in [6.45, 7) is 6.29. The van der Waals surface area contributed by atoms with Crippen LogP contribution in [0.5, 0.6) is 0 Å². The molecule has 24 heavy (non-hydrogen) atoms. The van der Waals surface area contributed by atoms with Gasteiger partial charge >= 0.3 is 0 Å². The third-order valence-electron chi connectivity index (χ3n) is 5.40. The van der Waals surface area contributed by atoms with Gasteiger partial charge in [-0.15, -0.1) is 10.2 Å². The molecular formula is C18H27N5O. The molecule has 0 radical (unpaired) electrons. The Balaban J connectivity index is 1.51. The van der Waals surface area contributed by atoms with Crippen LogP contribution in [-0.4, -0.2) is 44.1 Å². The number of aliphatic hydroxyl groups excluding tert-OH is 1. The van der Waals surface area contributed by atoms with Crippen molar-refractivity contribution in [2.24, 2.45) is 11.8 Å². The Labute approximate surface area is 142 Å². The number of nitrogens with zero attached hydrogens (tertiary/aromatic N) is 5. The Bertz CT molecular complexity index is 700. The van der Waals surface area contributed by atoms with Crippen LogP contribution < -0.4 is 4.90 Å². The third kappa shape index (κ3) is 3.11. The van der Waals surface area contributed by atoms with Crippen molar-refractivity contribution in [3.8, 4) is 0 Å². The predicted octanol–water partition coefficient (Wildman–Crippen LogP) is 2.63. The molecule has 3 heterocycles. The molecule has 0 spiro atoms. The van der Waals surface area contributed by atoms with Crippen molar-refractivity contribution in [2.75, 3.05) is 18.0 Å². The van der Waals surface area contributed by atoms with Crippen LogP contribution in [0.1, 0.15) is 57.6 Å². The lowest BCUT2D eigenvalue weighted by Crippen LogP contribution is -2.38. The average molecular weight is 329 g/mol. The minimum Gasteiger partial charge on any atom is -0.393 e.